The van der Waals surface area contributed by atoms with Gasteiger partial charge in [-0.1, -0.05) is 41.9 Å². The predicted octanol–water partition coefficient (Wildman–Crippen LogP) is 3.98. The van der Waals surface area contributed by atoms with Gasteiger partial charge in [-0.05, 0) is 29.0 Å². The topological polar surface area (TPSA) is 101 Å². The highest BCUT2D eigenvalue weighted by Gasteiger charge is 2.17. The van der Waals surface area contributed by atoms with Crippen LogP contribution in [0.4, 0.5) is 17.1 Å². The highest BCUT2D eigenvalue weighted by Crippen LogP contribution is 2.26. The Morgan fingerprint density at radius 3 is 2.31 bits per heavy atom. The van der Waals surface area contributed by atoms with Gasteiger partial charge in [-0.3, -0.25) is 19.7 Å². The molecule has 130 valence electrons. The van der Waals surface area contributed by atoms with Crippen molar-refractivity contribution >= 4 is 51.2 Å². The molecule has 2 amide bonds. The van der Waals surface area contributed by atoms with Crippen molar-refractivity contribution in [1.82, 2.24) is 0 Å². The molecular formula is C18H12ClN3O4. The largest absolute Gasteiger partial charge is 0.318 e. The summed E-state index contributed by atoms with van der Waals surface area (Å²) in [5.41, 5.74) is 0.188. The summed E-state index contributed by atoms with van der Waals surface area (Å²) < 4.78 is 0. The molecule has 0 aliphatic heterocycles. The van der Waals surface area contributed by atoms with E-state index >= 15 is 0 Å². The van der Waals surface area contributed by atoms with Crippen LogP contribution in [0.25, 0.3) is 10.8 Å². The van der Waals surface area contributed by atoms with Crippen LogP contribution < -0.4 is 10.6 Å². The first-order valence-corrected chi connectivity index (χ1v) is 7.87. The first-order valence-electron chi connectivity index (χ1n) is 7.49. The molecule has 0 aromatic heterocycles. The van der Waals surface area contributed by atoms with E-state index in [1.807, 2.05) is 30.3 Å². The van der Waals surface area contributed by atoms with Gasteiger partial charge in [-0.25, -0.2) is 0 Å². The maximum Gasteiger partial charge on any atom is 0.314 e. The summed E-state index contributed by atoms with van der Waals surface area (Å²) >= 11 is 5.91. The zero-order chi connectivity index (χ0) is 18.7. The fourth-order valence-electron chi connectivity index (χ4n) is 2.36. The highest BCUT2D eigenvalue weighted by molar-refractivity contribution is 6.44. The third kappa shape index (κ3) is 3.79. The van der Waals surface area contributed by atoms with Gasteiger partial charge in [0.1, 0.15) is 0 Å². The normalized spacial score (nSPS) is 10.3. The van der Waals surface area contributed by atoms with Gasteiger partial charge in [0.2, 0.25) is 0 Å². The fourth-order valence-corrected chi connectivity index (χ4v) is 2.52. The van der Waals surface area contributed by atoms with Crippen molar-refractivity contribution < 1.29 is 14.5 Å². The molecular weight excluding hydrogens is 358 g/mol. The van der Waals surface area contributed by atoms with Crippen LogP contribution in [0.5, 0.6) is 0 Å². The van der Waals surface area contributed by atoms with Crippen molar-refractivity contribution in [2.24, 2.45) is 0 Å². The molecule has 0 bridgehead atoms. The Morgan fingerprint density at radius 1 is 0.885 bits per heavy atom. The number of benzene rings is 3. The van der Waals surface area contributed by atoms with Crippen LogP contribution in [0.15, 0.2) is 60.7 Å². The number of nitro benzene ring substituents is 1. The lowest BCUT2D eigenvalue weighted by molar-refractivity contribution is -0.384. The van der Waals surface area contributed by atoms with Crippen LogP contribution in [0.3, 0.4) is 0 Å². The molecule has 0 aliphatic rings. The third-order valence-corrected chi connectivity index (χ3v) is 3.95. The van der Waals surface area contributed by atoms with Crippen molar-refractivity contribution in [3.8, 4) is 0 Å². The smallest absolute Gasteiger partial charge is 0.314 e. The number of anilines is 2. The number of amides is 2. The van der Waals surface area contributed by atoms with Crippen molar-refractivity contribution in [2.75, 3.05) is 10.6 Å². The second-order valence-electron chi connectivity index (χ2n) is 5.39. The molecule has 3 aromatic rings. The number of non-ortho nitro benzene ring substituents is 1. The number of hydrogen-bond acceptors (Lipinski definition) is 4. The third-order valence-electron chi connectivity index (χ3n) is 3.62. The van der Waals surface area contributed by atoms with Gasteiger partial charge in [0.25, 0.3) is 5.69 Å². The summed E-state index contributed by atoms with van der Waals surface area (Å²) in [7, 11) is 0. The van der Waals surface area contributed by atoms with E-state index in [9.17, 15) is 19.7 Å². The van der Waals surface area contributed by atoms with Gasteiger partial charge in [-0.2, -0.15) is 0 Å². The lowest BCUT2D eigenvalue weighted by Gasteiger charge is -2.08. The number of nitro groups is 1. The molecule has 0 aliphatic carbocycles. The Morgan fingerprint density at radius 2 is 1.58 bits per heavy atom. The Balaban J connectivity index is 1.74. The number of nitrogens with zero attached hydrogens (tertiary/aromatic N) is 1. The molecule has 0 unspecified atom stereocenters. The summed E-state index contributed by atoms with van der Waals surface area (Å²) in [6.07, 6.45) is 0. The SMILES string of the molecule is O=C(Nc1ccc2ccccc2c1)C(=O)Nc1cc([N+](=O)[O-])ccc1Cl. The molecule has 8 heteroatoms. The van der Waals surface area contributed by atoms with Crippen LogP contribution in [-0.2, 0) is 9.59 Å². The van der Waals surface area contributed by atoms with Crippen LogP contribution in [0.1, 0.15) is 0 Å². The summed E-state index contributed by atoms with van der Waals surface area (Å²) in [6, 6.07) is 16.4. The number of fused-ring (bicyclic) bond motifs is 1. The minimum atomic E-state index is -0.986. The molecule has 0 spiro atoms. The Hall–Kier alpha value is -3.45. The van der Waals surface area contributed by atoms with Crippen molar-refractivity contribution in [1.29, 1.82) is 0 Å². The van der Waals surface area contributed by atoms with Gasteiger partial charge in [-0.15, -0.1) is 0 Å². The van der Waals surface area contributed by atoms with Crippen molar-refractivity contribution in [3.63, 3.8) is 0 Å². The molecule has 0 fully saturated rings. The van der Waals surface area contributed by atoms with Gasteiger partial charge < -0.3 is 10.6 Å². The molecule has 0 radical (unpaired) electrons. The Bertz CT molecular complexity index is 1040. The number of carbonyl (C=O) groups excluding carboxylic acids is 2. The van der Waals surface area contributed by atoms with Crippen molar-refractivity contribution in [2.45, 2.75) is 0 Å². The van der Waals surface area contributed by atoms with Crippen LogP contribution in [0, 0.1) is 10.1 Å². The highest BCUT2D eigenvalue weighted by atomic mass is 35.5. The molecule has 3 rings (SSSR count). The Labute approximate surface area is 152 Å². The van der Waals surface area contributed by atoms with Gasteiger partial charge >= 0.3 is 11.8 Å². The number of halogens is 1. The standard InChI is InChI=1S/C18H12ClN3O4/c19-15-8-7-14(22(25)26)10-16(15)21-18(24)17(23)20-13-6-5-11-3-1-2-4-12(11)9-13/h1-10H,(H,20,23)(H,21,24). The minimum Gasteiger partial charge on any atom is -0.318 e. The lowest BCUT2D eigenvalue weighted by atomic mass is 10.1. The molecule has 0 atom stereocenters. The van der Waals surface area contributed by atoms with E-state index in [0.29, 0.717) is 5.69 Å². The maximum atomic E-state index is 12.1. The molecule has 0 saturated carbocycles. The maximum absolute atomic E-state index is 12.1. The van der Waals surface area contributed by atoms with Crippen LogP contribution >= 0.6 is 11.6 Å². The quantitative estimate of drug-likeness (QED) is 0.414. The molecule has 3 aromatic carbocycles. The zero-order valence-electron chi connectivity index (χ0n) is 13.2. The fraction of sp³-hybridized carbons (Fsp3) is 0. The van der Waals surface area contributed by atoms with E-state index in [0.717, 1.165) is 16.8 Å². The van der Waals surface area contributed by atoms with E-state index in [-0.39, 0.29) is 16.4 Å². The van der Waals surface area contributed by atoms with Crippen LogP contribution in [0.2, 0.25) is 5.02 Å². The molecule has 26 heavy (non-hydrogen) atoms. The predicted molar refractivity (Wildman–Crippen MR) is 99.3 cm³/mol. The molecule has 2 N–H and O–H groups in total. The van der Waals surface area contributed by atoms with E-state index in [1.165, 1.54) is 12.1 Å². The zero-order valence-corrected chi connectivity index (χ0v) is 14.0. The Kier molecular flexibility index (Phi) is 4.81. The first-order chi connectivity index (χ1) is 12.4. The second-order valence-corrected chi connectivity index (χ2v) is 5.80. The molecule has 7 nitrogen and oxygen atoms in total. The molecule has 0 saturated heterocycles. The average molecular weight is 370 g/mol. The number of carbonyl (C=O) groups is 2. The summed E-state index contributed by atoms with van der Waals surface area (Å²) in [4.78, 5) is 34.3. The summed E-state index contributed by atoms with van der Waals surface area (Å²) in [5.74, 6) is -1.90. The summed E-state index contributed by atoms with van der Waals surface area (Å²) in [6.45, 7) is 0. The first kappa shape index (κ1) is 17.4. The minimum absolute atomic E-state index is 0.0143. The number of rotatable bonds is 3. The molecule has 0 heterocycles. The van der Waals surface area contributed by atoms with E-state index < -0.39 is 16.7 Å². The van der Waals surface area contributed by atoms with Crippen LogP contribution in [-0.4, -0.2) is 16.7 Å². The van der Waals surface area contributed by atoms with Gasteiger partial charge in [0, 0.05) is 17.8 Å². The summed E-state index contributed by atoms with van der Waals surface area (Å²) in [5, 5.41) is 17.6. The van der Waals surface area contributed by atoms with E-state index in [2.05, 4.69) is 10.6 Å². The van der Waals surface area contributed by atoms with Gasteiger partial charge in [0.15, 0.2) is 0 Å². The van der Waals surface area contributed by atoms with E-state index in [4.69, 9.17) is 11.6 Å². The number of nitrogens with one attached hydrogen (secondary N) is 2. The number of hydrogen-bond donors (Lipinski definition) is 2. The lowest BCUT2D eigenvalue weighted by Crippen LogP contribution is -2.29. The second kappa shape index (κ2) is 7.20. The van der Waals surface area contributed by atoms with Gasteiger partial charge in [0.05, 0.1) is 15.6 Å². The van der Waals surface area contributed by atoms with E-state index in [1.54, 1.807) is 12.1 Å². The average Bonchev–Trinajstić information content (AvgIpc) is 2.63. The monoisotopic (exact) mass is 369 g/mol. The van der Waals surface area contributed by atoms with Crippen molar-refractivity contribution in [3.05, 3.63) is 75.8 Å².